The summed E-state index contributed by atoms with van der Waals surface area (Å²) in [6.45, 7) is 2.88. The Balaban J connectivity index is 1.89. The Kier molecular flexibility index (Phi) is 2.52. The lowest BCUT2D eigenvalue weighted by Crippen LogP contribution is -2.38. The number of rotatable bonds is 1. The molecule has 0 aliphatic carbocycles. The Morgan fingerprint density at radius 3 is 3.18 bits per heavy atom. The van der Waals surface area contributed by atoms with Gasteiger partial charge in [0, 0.05) is 11.4 Å². The average molecular weight is 247 g/mol. The molecular formula is C13H13NO2S. The van der Waals surface area contributed by atoms with Crippen LogP contribution in [-0.2, 0) is 6.42 Å². The van der Waals surface area contributed by atoms with Crippen molar-refractivity contribution in [3.8, 4) is 0 Å². The van der Waals surface area contributed by atoms with Crippen molar-refractivity contribution in [2.24, 2.45) is 0 Å². The minimum atomic E-state index is 0.0584. The molecule has 0 aromatic carbocycles. The molecule has 1 aliphatic heterocycles. The smallest absolute Gasteiger partial charge is 0.257 e. The Hall–Kier alpha value is -1.55. The number of hydrogen-bond acceptors (Lipinski definition) is 3. The van der Waals surface area contributed by atoms with Gasteiger partial charge in [-0.3, -0.25) is 4.79 Å². The summed E-state index contributed by atoms with van der Waals surface area (Å²) in [5.74, 6) is 0.0584. The second kappa shape index (κ2) is 4.04. The number of hydrogen-bond donors (Lipinski definition) is 0. The van der Waals surface area contributed by atoms with Crippen LogP contribution < -0.4 is 0 Å². The molecule has 0 bridgehead atoms. The second-order valence-electron chi connectivity index (χ2n) is 4.24. The maximum absolute atomic E-state index is 12.3. The SMILES string of the molecule is C[C@@H]1c2ccsc2CCN1C(=O)c1ccoc1. The molecule has 1 aliphatic rings. The van der Waals surface area contributed by atoms with E-state index in [4.69, 9.17) is 4.42 Å². The number of furan rings is 1. The van der Waals surface area contributed by atoms with E-state index in [1.807, 2.05) is 4.90 Å². The lowest BCUT2D eigenvalue weighted by atomic mass is 10.0. The van der Waals surface area contributed by atoms with E-state index >= 15 is 0 Å². The molecule has 0 N–H and O–H groups in total. The van der Waals surface area contributed by atoms with Crippen LogP contribution in [0.4, 0.5) is 0 Å². The average Bonchev–Trinajstić information content (AvgIpc) is 3.00. The van der Waals surface area contributed by atoms with Gasteiger partial charge in [-0.1, -0.05) is 0 Å². The molecule has 2 aromatic rings. The highest BCUT2D eigenvalue weighted by Gasteiger charge is 2.29. The van der Waals surface area contributed by atoms with Gasteiger partial charge in [-0.25, -0.2) is 0 Å². The summed E-state index contributed by atoms with van der Waals surface area (Å²) >= 11 is 1.78. The van der Waals surface area contributed by atoms with Crippen molar-refractivity contribution in [2.45, 2.75) is 19.4 Å². The summed E-state index contributed by atoms with van der Waals surface area (Å²) in [5.41, 5.74) is 1.92. The Labute approximate surface area is 104 Å². The quantitative estimate of drug-likeness (QED) is 0.776. The summed E-state index contributed by atoms with van der Waals surface area (Å²) in [6, 6.07) is 4.00. The third kappa shape index (κ3) is 1.69. The fourth-order valence-electron chi connectivity index (χ4n) is 2.34. The standard InChI is InChI=1S/C13H13NO2S/c1-9-11-4-7-17-12(11)2-5-14(9)13(15)10-3-6-16-8-10/h3-4,6-9H,2,5H2,1H3/t9-/m1/s1. The molecule has 0 fully saturated rings. The minimum Gasteiger partial charge on any atom is -0.472 e. The maximum atomic E-state index is 12.3. The number of thiophene rings is 1. The van der Waals surface area contributed by atoms with Gasteiger partial charge in [0.1, 0.15) is 6.26 Å². The fraction of sp³-hybridized carbons (Fsp3) is 0.308. The Morgan fingerprint density at radius 2 is 2.41 bits per heavy atom. The van der Waals surface area contributed by atoms with Gasteiger partial charge in [-0.15, -0.1) is 11.3 Å². The van der Waals surface area contributed by atoms with Crippen LogP contribution in [-0.4, -0.2) is 17.4 Å². The minimum absolute atomic E-state index is 0.0584. The fourth-order valence-corrected chi connectivity index (χ4v) is 3.30. The summed E-state index contributed by atoms with van der Waals surface area (Å²) in [5, 5.41) is 2.10. The second-order valence-corrected chi connectivity index (χ2v) is 5.24. The molecule has 3 heterocycles. The van der Waals surface area contributed by atoms with Crippen LogP contribution in [0.1, 0.15) is 33.8 Å². The van der Waals surface area contributed by atoms with Crippen molar-refractivity contribution in [1.29, 1.82) is 0 Å². The molecule has 0 radical (unpaired) electrons. The van der Waals surface area contributed by atoms with Gasteiger partial charge >= 0.3 is 0 Å². The summed E-state index contributed by atoms with van der Waals surface area (Å²) in [7, 11) is 0. The highest BCUT2D eigenvalue weighted by atomic mass is 32.1. The Bertz CT molecular complexity index is 529. The molecule has 1 amide bonds. The van der Waals surface area contributed by atoms with Crippen LogP contribution in [0.5, 0.6) is 0 Å². The molecule has 88 valence electrons. The van der Waals surface area contributed by atoms with Crippen LogP contribution in [0.2, 0.25) is 0 Å². The first-order valence-electron chi connectivity index (χ1n) is 5.67. The molecular weight excluding hydrogens is 234 g/mol. The molecule has 3 rings (SSSR count). The topological polar surface area (TPSA) is 33.5 Å². The number of amides is 1. The van der Waals surface area contributed by atoms with Gasteiger partial charge in [-0.2, -0.15) is 0 Å². The van der Waals surface area contributed by atoms with Crippen molar-refractivity contribution < 1.29 is 9.21 Å². The predicted octanol–water partition coefficient (Wildman–Crippen LogP) is 3.10. The van der Waals surface area contributed by atoms with Crippen molar-refractivity contribution in [3.63, 3.8) is 0 Å². The van der Waals surface area contributed by atoms with E-state index in [0.717, 1.165) is 13.0 Å². The van der Waals surface area contributed by atoms with E-state index in [0.29, 0.717) is 5.56 Å². The first-order chi connectivity index (χ1) is 8.27. The van der Waals surface area contributed by atoms with Crippen molar-refractivity contribution in [3.05, 3.63) is 46.0 Å². The van der Waals surface area contributed by atoms with Crippen LogP contribution in [0.25, 0.3) is 0 Å². The van der Waals surface area contributed by atoms with E-state index in [1.54, 1.807) is 17.4 Å². The summed E-state index contributed by atoms with van der Waals surface area (Å²) in [4.78, 5) is 15.6. The van der Waals surface area contributed by atoms with E-state index in [2.05, 4.69) is 18.4 Å². The zero-order valence-electron chi connectivity index (χ0n) is 9.55. The molecule has 0 unspecified atom stereocenters. The number of carbonyl (C=O) groups excluding carboxylic acids is 1. The molecule has 17 heavy (non-hydrogen) atoms. The molecule has 0 spiro atoms. The molecule has 4 heteroatoms. The van der Waals surface area contributed by atoms with Gasteiger partial charge < -0.3 is 9.32 Å². The highest BCUT2D eigenvalue weighted by molar-refractivity contribution is 7.10. The van der Waals surface area contributed by atoms with Crippen LogP contribution in [0.15, 0.2) is 34.5 Å². The normalized spacial score (nSPS) is 19.1. The molecule has 0 saturated heterocycles. The van der Waals surface area contributed by atoms with Crippen molar-refractivity contribution in [1.82, 2.24) is 4.90 Å². The van der Waals surface area contributed by atoms with Gasteiger partial charge in [0.25, 0.3) is 5.91 Å². The Morgan fingerprint density at radius 1 is 1.53 bits per heavy atom. The van der Waals surface area contributed by atoms with Gasteiger partial charge in [0.05, 0.1) is 17.9 Å². The number of carbonyl (C=O) groups is 1. The van der Waals surface area contributed by atoms with Gasteiger partial charge in [0.2, 0.25) is 0 Å². The maximum Gasteiger partial charge on any atom is 0.257 e. The predicted molar refractivity (Wildman–Crippen MR) is 66.2 cm³/mol. The first kappa shape index (κ1) is 10.6. The first-order valence-corrected chi connectivity index (χ1v) is 6.55. The van der Waals surface area contributed by atoms with Gasteiger partial charge in [0.15, 0.2) is 0 Å². The summed E-state index contributed by atoms with van der Waals surface area (Å²) < 4.78 is 4.97. The van der Waals surface area contributed by atoms with Crippen LogP contribution in [0, 0.1) is 0 Å². The highest BCUT2D eigenvalue weighted by Crippen LogP contribution is 2.33. The zero-order valence-corrected chi connectivity index (χ0v) is 10.4. The lowest BCUT2D eigenvalue weighted by molar-refractivity contribution is 0.0678. The number of fused-ring (bicyclic) bond motifs is 1. The monoisotopic (exact) mass is 247 g/mol. The third-order valence-corrected chi connectivity index (χ3v) is 4.30. The van der Waals surface area contributed by atoms with Crippen molar-refractivity contribution >= 4 is 17.2 Å². The zero-order chi connectivity index (χ0) is 11.8. The largest absolute Gasteiger partial charge is 0.472 e. The lowest BCUT2D eigenvalue weighted by Gasteiger charge is -2.33. The van der Waals surface area contributed by atoms with Gasteiger partial charge in [-0.05, 0) is 36.4 Å². The van der Waals surface area contributed by atoms with Crippen LogP contribution >= 0.6 is 11.3 Å². The molecule has 1 atom stereocenters. The molecule has 3 nitrogen and oxygen atoms in total. The van der Waals surface area contributed by atoms with Crippen LogP contribution in [0.3, 0.4) is 0 Å². The van der Waals surface area contributed by atoms with E-state index < -0.39 is 0 Å². The molecule has 2 aromatic heterocycles. The summed E-state index contributed by atoms with van der Waals surface area (Å²) in [6.07, 6.45) is 4.01. The van der Waals surface area contributed by atoms with E-state index in [-0.39, 0.29) is 11.9 Å². The number of nitrogens with zero attached hydrogens (tertiary/aromatic N) is 1. The van der Waals surface area contributed by atoms with E-state index in [9.17, 15) is 4.79 Å². The molecule has 0 saturated carbocycles. The van der Waals surface area contributed by atoms with Crippen molar-refractivity contribution in [2.75, 3.05) is 6.54 Å². The third-order valence-electron chi connectivity index (χ3n) is 3.31. The van der Waals surface area contributed by atoms with E-state index in [1.165, 1.54) is 23.0 Å².